The van der Waals surface area contributed by atoms with E-state index in [1.54, 1.807) is 16.7 Å². The highest BCUT2D eigenvalue weighted by Gasteiger charge is 2.18. The Morgan fingerprint density at radius 3 is 2.67 bits per heavy atom. The standard InChI is InChI=1S/C13H18N2OS2/c1-3-8-15(9-12(14)17)13(16)10-6-4-5-7-11(10)18-2/h4-7H,3,8-9H2,1-2H3,(H2,14,17). The minimum Gasteiger partial charge on any atom is -0.392 e. The van der Waals surface area contributed by atoms with Gasteiger partial charge >= 0.3 is 0 Å². The Labute approximate surface area is 118 Å². The van der Waals surface area contributed by atoms with Crippen molar-refractivity contribution in [2.75, 3.05) is 19.3 Å². The molecular weight excluding hydrogens is 264 g/mol. The van der Waals surface area contributed by atoms with Gasteiger partial charge in [0.05, 0.1) is 17.1 Å². The van der Waals surface area contributed by atoms with Crippen LogP contribution in [0.1, 0.15) is 23.7 Å². The van der Waals surface area contributed by atoms with E-state index in [0.717, 1.165) is 16.9 Å². The maximum Gasteiger partial charge on any atom is 0.255 e. The Hall–Kier alpha value is -1.07. The maximum atomic E-state index is 12.4. The highest BCUT2D eigenvalue weighted by atomic mass is 32.2. The molecule has 0 heterocycles. The van der Waals surface area contributed by atoms with Gasteiger partial charge in [0.15, 0.2) is 0 Å². The molecule has 0 radical (unpaired) electrons. The number of rotatable bonds is 6. The van der Waals surface area contributed by atoms with Crippen LogP contribution in [0.3, 0.4) is 0 Å². The lowest BCUT2D eigenvalue weighted by atomic mass is 10.2. The minimum atomic E-state index is -0.00500. The molecule has 98 valence electrons. The maximum absolute atomic E-state index is 12.4. The number of benzene rings is 1. The number of carbonyl (C=O) groups excluding carboxylic acids is 1. The van der Waals surface area contributed by atoms with E-state index < -0.39 is 0 Å². The van der Waals surface area contributed by atoms with Crippen molar-refractivity contribution < 1.29 is 4.79 Å². The summed E-state index contributed by atoms with van der Waals surface area (Å²) in [5, 5.41) is 0. The summed E-state index contributed by atoms with van der Waals surface area (Å²) < 4.78 is 0. The lowest BCUT2D eigenvalue weighted by Crippen LogP contribution is -2.38. The van der Waals surface area contributed by atoms with Gasteiger partial charge in [0, 0.05) is 11.4 Å². The molecular formula is C13H18N2OS2. The van der Waals surface area contributed by atoms with E-state index in [1.165, 1.54) is 0 Å². The first-order valence-electron chi connectivity index (χ1n) is 5.80. The summed E-state index contributed by atoms with van der Waals surface area (Å²) in [6.45, 7) is 3.03. The summed E-state index contributed by atoms with van der Waals surface area (Å²) in [5.74, 6) is -0.00500. The Morgan fingerprint density at radius 1 is 1.44 bits per heavy atom. The fourth-order valence-electron chi connectivity index (χ4n) is 1.70. The molecule has 0 aliphatic rings. The van der Waals surface area contributed by atoms with Gasteiger partial charge in [-0.3, -0.25) is 4.79 Å². The summed E-state index contributed by atoms with van der Waals surface area (Å²) in [6.07, 6.45) is 2.85. The average Bonchev–Trinajstić information content (AvgIpc) is 2.37. The number of hydrogen-bond acceptors (Lipinski definition) is 3. The van der Waals surface area contributed by atoms with Crippen LogP contribution in [0.4, 0.5) is 0 Å². The third-order valence-electron chi connectivity index (χ3n) is 2.46. The predicted octanol–water partition coefficient (Wildman–Crippen LogP) is 2.55. The largest absolute Gasteiger partial charge is 0.392 e. The van der Waals surface area contributed by atoms with Gasteiger partial charge in [-0.15, -0.1) is 11.8 Å². The fourth-order valence-corrected chi connectivity index (χ4v) is 2.45. The van der Waals surface area contributed by atoms with Crippen LogP contribution < -0.4 is 5.73 Å². The average molecular weight is 282 g/mol. The van der Waals surface area contributed by atoms with Crippen LogP contribution in [0, 0.1) is 0 Å². The zero-order valence-electron chi connectivity index (χ0n) is 10.7. The molecule has 0 spiro atoms. The molecule has 0 fully saturated rings. The lowest BCUT2D eigenvalue weighted by molar-refractivity contribution is 0.0776. The molecule has 0 aliphatic heterocycles. The molecule has 0 aromatic heterocycles. The molecule has 0 saturated heterocycles. The van der Waals surface area contributed by atoms with E-state index >= 15 is 0 Å². The van der Waals surface area contributed by atoms with Crippen molar-refractivity contribution in [3.8, 4) is 0 Å². The van der Waals surface area contributed by atoms with E-state index in [4.69, 9.17) is 18.0 Å². The molecule has 0 atom stereocenters. The van der Waals surface area contributed by atoms with Gasteiger partial charge in [-0.2, -0.15) is 0 Å². The van der Waals surface area contributed by atoms with Gasteiger partial charge < -0.3 is 10.6 Å². The Kier molecular flexibility index (Phi) is 6.15. The first kappa shape index (κ1) is 15.0. The molecule has 1 amide bonds. The van der Waals surface area contributed by atoms with E-state index in [2.05, 4.69) is 0 Å². The van der Waals surface area contributed by atoms with Crippen molar-refractivity contribution >= 4 is 34.9 Å². The topological polar surface area (TPSA) is 46.3 Å². The Bertz CT molecular complexity index is 435. The van der Waals surface area contributed by atoms with Crippen LogP contribution >= 0.6 is 24.0 Å². The van der Waals surface area contributed by atoms with Crippen LogP contribution in [0.2, 0.25) is 0 Å². The first-order valence-corrected chi connectivity index (χ1v) is 7.44. The van der Waals surface area contributed by atoms with Gasteiger partial charge in [0.1, 0.15) is 0 Å². The molecule has 3 nitrogen and oxygen atoms in total. The van der Waals surface area contributed by atoms with E-state index in [-0.39, 0.29) is 5.91 Å². The van der Waals surface area contributed by atoms with E-state index in [9.17, 15) is 4.79 Å². The summed E-state index contributed by atoms with van der Waals surface area (Å²) in [4.78, 5) is 15.5. The SMILES string of the molecule is CCCN(CC(N)=S)C(=O)c1ccccc1SC. The van der Waals surface area contributed by atoms with Crippen molar-refractivity contribution in [3.05, 3.63) is 29.8 Å². The number of thiocarbonyl (C=S) groups is 1. The zero-order valence-corrected chi connectivity index (χ0v) is 12.3. The first-order chi connectivity index (χ1) is 8.60. The second-order valence-electron chi connectivity index (χ2n) is 3.89. The van der Waals surface area contributed by atoms with Crippen molar-refractivity contribution in [1.29, 1.82) is 0 Å². The van der Waals surface area contributed by atoms with Crippen LogP contribution in [0.5, 0.6) is 0 Å². The summed E-state index contributed by atoms with van der Waals surface area (Å²) >= 11 is 6.46. The van der Waals surface area contributed by atoms with Crippen molar-refractivity contribution in [2.45, 2.75) is 18.2 Å². The minimum absolute atomic E-state index is 0.00500. The third kappa shape index (κ3) is 3.99. The number of nitrogens with two attached hydrogens (primary N) is 1. The normalized spacial score (nSPS) is 10.1. The molecule has 0 unspecified atom stereocenters. The molecule has 5 heteroatoms. The number of carbonyl (C=O) groups is 1. The summed E-state index contributed by atoms with van der Waals surface area (Å²) in [5.41, 5.74) is 6.26. The second kappa shape index (κ2) is 7.38. The van der Waals surface area contributed by atoms with Crippen LogP contribution in [-0.2, 0) is 0 Å². The fraction of sp³-hybridized carbons (Fsp3) is 0.385. The van der Waals surface area contributed by atoms with Gasteiger partial charge in [-0.05, 0) is 24.8 Å². The molecule has 1 aromatic rings. The predicted molar refractivity (Wildman–Crippen MR) is 81.2 cm³/mol. The second-order valence-corrected chi connectivity index (χ2v) is 5.27. The molecule has 18 heavy (non-hydrogen) atoms. The molecule has 1 rings (SSSR count). The molecule has 0 saturated carbocycles. The monoisotopic (exact) mass is 282 g/mol. The number of thioether (sulfide) groups is 1. The van der Waals surface area contributed by atoms with Crippen molar-refractivity contribution in [1.82, 2.24) is 4.90 Å². The zero-order chi connectivity index (χ0) is 13.5. The quantitative estimate of drug-likeness (QED) is 0.643. The smallest absolute Gasteiger partial charge is 0.255 e. The van der Waals surface area contributed by atoms with Crippen molar-refractivity contribution in [3.63, 3.8) is 0 Å². The molecule has 2 N–H and O–H groups in total. The van der Waals surface area contributed by atoms with Gasteiger partial charge in [0.25, 0.3) is 5.91 Å². The molecule has 0 bridgehead atoms. The van der Waals surface area contributed by atoms with Crippen LogP contribution in [0.15, 0.2) is 29.2 Å². The highest BCUT2D eigenvalue weighted by Crippen LogP contribution is 2.21. The summed E-state index contributed by atoms with van der Waals surface area (Å²) in [6, 6.07) is 7.59. The highest BCUT2D eigenvalue weighted by molar-refractivity contribution is 7.98. The third-order valence-corrected chi connectivity index (χ3v) is 3.39. The lowest BCUT2D eigenvalue weighted by Gasteiger charge is -2.22. The molecule has 1 aromatic carbocycles. The van der Waals surface area contributed by atoms with E-state index in [0.29, 0.717) is 18.1 Å². The summed E-state index contributed by atoms with van der Waals surface area (Å²) in [7, 11) is 0. The van der Waals surface area contributed by atoms with Gasteiger partial charge in [0.2, 0.25) is 0 Å². The molecule has 0 aliphatic carbocycles. The van der Waals surface area contributed by atoms with Crippen molar-refractivity contribution in [2.24, 2.45) is 5.73 Å². The van der Waals surface area contributed by atoms with Gasteiger partial charge in [-0.25, -0.2) is 0 Å². The van der Waals surface area contributed by atoms with Gasteiger partial charge in [-0.1, -0.05) is 31.3 Å². The van der Waals surface area contributed by atoms with E-state index in [1.807, 2.05) is 37.4 Å². The van der Waals surface area contributed by atoms with Crippen LogP contribution in [-0.4, -0.2) is 35.1 Å². The number of hydrogen-bond donors (Lipinski definition) is 1. The number of nitrogens with zero attached hydrogens (tertiary/aromatic N) is 1. The Balaban J connectivity index is 2.97. The van der Waals surface area contributed by atoms with Crippen LogP contribution in [0.25, 0.3) is 0 Å². The Morgan fingerprint density at radius 2 is 2.11 bits per heavy atom. The number of amides is 1.